The van der Waals surface area contributed by atoms with Crippen LogP contribution < -0.4 is 5.32 Å². The van der Waals surface area contributed by atoms with E-state index in [0.717, 1.165) is 19.8 Å². The Hall–Kier alpha value is -0.860. The van der Waals surface area contributed by atoms with E-state index in [9.17, 15) is 0 Å². The molecule has 1 unspecified atom stereocenters. The molecular formula is C13H19NO. The predicted molar refractivity (Wildman–Crippen MR) is 62.1 cm³/mol. The molecule has 2 nitrogen and oxygen atoms in total. The third-order valence-corrected chi connectivity index (χ3v) is 2.90. The highest BCUT2D eigenvalue weighted by Crippen LogP contribution is 2.21. The fourth-order valence-electron chi connectivity index (χ4n) is 1.91. The molecule has 1 aromatic rings. The van der Waals surface area contributed by atoms with Gasteiger partial charge in [0, 0.05) is 6.54 Å². The normalized spacial score (nSPS) is 21.9. The smallest absolute Gasteiger partial charge is 0.0662 e. The van der Waals surface area contributed by atoms with Gasteiger partial charge >= 0.3 is 0 Å². The molecule has 1 saturated heterocycles. The highest BCUT2D eigenvalue weighted by molar-refractivity contribution is 5.28. The average Bonchev–Trinajstić information content (AvgIpc) is 2.30. The van der Waals surface area contributed by atoms with Crippen molar-refractivity contribution in [2.45, 2.75) is 25.8 Å². The predicted octanol–water partition coefficient (Wildman–Crippen LogP) is 2.47. The largest absolute Gasteiger partial charge is 0.378 e. The molecule has 1 heterocycles. The summed E-state index contributed by atoms with van der Waals surface area (Å²) in [6.07, 6.45) is 0. The van der Waals surface area contributed by atoms with Gasteiger partial charge in [0.1, 0.15) is 0 Å². The first kappa shape index (κ1) is 10.7. The molecule has 2 rings (SSSR count). The number of ether oxygens (including phenoxy) is 1. The van der Waals surface area contributed by atoms with Gasteiger partial charge in [0.05, 0.1) is 19.3 Å². The topological polar surface area (TPSA) is 21.3 Å². The first-order valence-electron chi connectivity index (χ1n) is 5.68. The van der Waals surface area contributed by atoms with Gasteiger partial charge in [-0.3, -0.25) is 0 Å². The molecule has 0 radical (unpaired) electrons. The number of hydrogen-bond acceptors (Lipinski definition) is 2. The minimum atomic E-state index is 0.373. The minimum absolute atomic E-state index is 0.373. The quantitative estimate of drug-likeness (QED) is 0.801. The molecule has 1 N–H and O–H groups in total. The van der Waals surface area contributed by atoms with Gasteiger partial charge in [0.25, 0.3) is 0 Å². The van der Waals surface area contributed by atoms with Crippen LogP contribution in [0.5, 0.6) is 0 Å². The van der Waals surface area contributed by atoms with Crippen LogP contribution in [-0.2, 0) is 4.74 Å². The molecule has 0 amide bonds. The lowest BCUT2D eigenvalue weighted by Crippen LogP contribution is -2.34. The Bertz CT molecular complexity index is 316. The molecule has 15 heavy (non-hydrogen) atoms. The van der Waals surface area contributed by atoms with E-state index in [1.54, 1.807) is 0 Å². The minimum Gasteiger partial charge on any atom is -0.378 e. The maximum atomic E-state index is 5.47. The summed E-state index contributed by atoms with van der Waals surface area (Å²) in [7, 11) is 0. The van der Waals surface area contributed by atoms with Crippen molar-refractivity contribution in [3.63, 3.8) is 0 Å². The SMILES string of the molecule is CC(C)c1cccc(C2COCCN2)c1. The zero-order valence-electron chi connectivity index (χ0n) is 9.49. The number of hydrogen-bond donors (Lipinski definition) is 1. The standard InChI is InChI=1S/C13H19NO/c1-10(2)11-4-3-5-12(8-11)13-9-15-7-6-14-13/h3-5,8,10,13-14H,6-7,9H2,1-2H3. The Morgan fingerprint density at radius 2 is 2.27 bits per heavy atom. The van der Waals surface area contributed by atoms with Crippen LogP contribution in [0.25, 0.3) is 0 Å². The molecule has 1 fully saturated rings. The Kier molecular flexibility index (Phi) is 3.39. The van der Waals surface area contributed by atoms with Gasteiger partial charge in [-0.2, -0.15) is 0 Å². The maximum absolute atomic E-state index is 5.47. The van der Waals surface area contributed by atoms with E-state index in [1.165, 1.54) is 11.1 Å². The Labute approximate surface area is 91.6 Å². The van der Waals surface area contributed by atoms with Crippen molar-refractivity contribution in [3.05, 3.63) is 35.4 Å². The second-order valence-electron chi connectivity index (χ2n) is 4.41. The number of morpholine rings is 1. The van der Waals surface area contributed by atoms with E-state index in [4.69, 9.17) is 4.74 Å². The van der Waals surface area contributed by atoms with Crippen LogP contribution >= 0.6 is 0 Å². The van der Waals surface area contributed by atoms with E-state index in [-0.39, 0.29) is 0 Å². The van der Waals surface area contributed by atoms with Gasteiger partial charge in [0.2, 0.25) is 0 Å². The zero-order valence-corrected chi connectivity index (χ0v) is 9.49. The van der Waals surface area contributed by atoms with Crippen LogP contribution in [0.15, 0.2) is 24.3 Å². The summed E-state index contributed by atoms with van der Waals surface area (Å²) in [5.41, 5.74) is 2.75. The number of benzene rings is 1. The van der Waals surface area contributed by atoms with Gasteiger partial charge in [-0.1, -0.05) is 38.1 Å². The van der Waals surface area contributed by atoms with Gasteiger partial charge < -0.3 is 10.1 Å². The third-order valence-electron chi connectivity index (χ3n) is 2.90. The van der Waals surface area contributed by atoms with E-state index in [1.807, 2.05) is 0 Å². The van der Waals surface area contributed by atoms with Crippen LogP contribution in [-0.4, -0.2) is 19.8 Å². The monoisotopic (exact) mass is 205 g/mol. The van der Waals surface area contributed by atoms with Crippen LogP contribution in [0.2, 0.25) is 0 Å². The molecular weight excluding hydrogens is 186 g/mol. The second-order valence-corrected chi connectivity index (χ2v) is 4.41. The highest BCUT2D eigenvalue weighted by Gasteiger charge is 2.15. The van der Waals surface area contributed by atoms with Crippen molar-refractivity contribution in [1.29, 1.82) is 0 Å². The van der Waals surface area contributed by atoms with Crippen molar-refractivity contribution in [3.8, 4) is 0 Å². The van der Waals surface area contributed by atoms with Gasteiger partial charge in [0.15, 0.2) is 0 Å². The summed E-state index contributed by atoms with van der Waals surface area (Å²) < 4.78 is 5.47. The van der Waals surface area contributed by atoms with Crippen LogP contribution in [0, 0.1) is 0 Å². The third kappa shape index (κ3) is 2.58. The van der Waals surface area contributed by atoms with Crippen LogP contribution in [0.3, 0.4) is 0 Å². The van der Waals surface area contributed by atoms with Crippen molar-refractivity contribution in [1.82, 2.24) is 5.32 Å². The number of rotatable bonds is 2. The lowest BCUT2D eigenvalue weighted by molar-refractivity contribution is 0.0768. The lowest BCUT2D eigenvalue weighted by Gasteiger charge is -2.24. The summed E-state index contributed by atoms with van der Waals surface area (Å²) in [5, 5.41) is 3.48. The second kappa shape index (κ2) is 4.77. The summed E-state index contributed by atoms with van der Waals surface area (Å²) in [6.45, 7) is 7.03. The van der Waals surface area contributed by atoms with E-state index in [2.05, 4.69) is 43.4 Å². The molecule has 0 aromatic heterocycles. The average molecular weight is 205 g/mol. The molecule has 0 aliphatic carbocycles. The van der Waals surface area contributed by atoms with Gasteiger partial charge in [-0.05, 0) is 17.0 Å². The van der Waals surface area contributed by atoms with Gasteiger partial charge in [-0.25, -0.2) is 0 Å². The van der Waals surface area contributed by atoms with Crippen LogP contribution in [0.4, 0.5) is 0 Å². The van der Waals surface area contributed by atoms with Crippen molar-refractivity contribution in [2.24, 2.45) is 0 Å². The maximum Gasteiger partial charge on any atom is 0.0662 e. The first-order chi connectivity index (χ1) is 7.27. The summed E-state index contributed by atoms with van der Waals surface area (Å²) in [4.78, 5) is 0. The molecule has 1 aliphatic heterocycles. The zero-order chi connectivity index (χ0) is 10.7. The van der Waals surface area contributed by atoms with Crippen molar-refractivity contribution < 1.29 is 4.74 Å². The van der Waals surface area contributed by atoms with Gasteiger partial charge in [-0.15, -0.1) is 0 Å². The summed E-state index contributed by atoms with van der Waals surface area (Å²) in [6, 6.07) is 9.17. The molecule has 1 atom stereocenters. The Morgan fingerprint density at radius 1 is 1.40 bits per heavy atom. The molecule has 1 aromatic carbocycles. The molecule has 0 spiro atoms. The molecule has 82 valence electrons. The summed E-state index contributed by atoms with van der Waals surface area (Å²) in [5.74, 6) is 0.592. The molecule has 2 heteroatoms. The van der Waals surface area contributed by atoms with E-state index < -0.39 is 0 Å². The van der Waals surface area contributed by atoms with Crippen LogP contribution in [0.1, 0.15) is 36.9 Å². The van der Waals surface area contributed by atoms with E-state index >= 15 is 0 Å². The molecule has 0 saturated carbocycles. The van der Waals surface area contributed by atoms with E-state index in [0.29, 0.717) is 12.0 Å². The Morgan fingerprint density at radius 3 is 2.93 bits per heavy atom. The lowest BCUT2D eigenvalue weighted by atomic mass is 9.98. The Balaban J connectivity index is 2.16. The number of nitrogens with one attached hydrogen (secondary N) is 1. The molecule has 1 aliphatic rings. The van der Waals surface area contributed by atoms with Crippen molar-refractivity contribution in [2.75, 3.05) is 19.8 Å². The fourth-order valence-corrected chi connectivity index (χ4v) is 1.91. The van der Waals surface area contributed by atoms with Crippen molar-refractivity contribution >= 4 is 0 Å². The summed E-state index contributed by atoms with van der Waals surface area (Å²) >= 11 is 0. The first-order valence-corrected chi connectivity index (χ1v) is 5.68. The highest BCUT2D eigenvalue weighted by atomic mass is 16.5. The fraction of sp³-hybridized carbons (Fsp3) is 0.538. The molecule has 0 bridgehead atoms.